The van der Waals surface area contributed by atoms with Crippen LogP contribution in [0.1, 0.15) is 31.5 Å². The van der Waals surface area contributed by atoms with Crippen molar-refractivity contribution in [1.82, 2.24) is 30.4 Å². The Morgan fingerprint density at radius 2 is 2.07 bits per heavy atom. The van der Waals surface area contributed by atoms with Crippen molar-refractivity contribution < 1.29 is 4.39 Å². The summed E-state index contributed by atoms with van der Waals surface area (Å²) in [5.41, 5.74) is 10.2. The van der Waals surface area contributed by atoms with Crippen LogP contribution in [0, 0.1) is 24.7 Å². The van der Waals surface area contributed by atoms with E-state index in [4.69, 9.17) is 9.97 Å². The highest BCUT2D eigenvalue weighted by atomic mass is 19.1. The summed E-state index contributed by atoms with van der Waals surface area (Å²) in [7, 11) is 0. The third kappa shape index (κ3) is 2.82. The fourth-order valence-corrected chi connectivity index (χ4v) is 4.78. The predicted octanol–water partition coefficient (Wildman–Crippen LogP) is 3.00. The normalized spacial score (nSPS) is 27.8. The van der Waals surface area contributed by atoms with Crippen molar-refractivity contribution in [1.29, 1.82) is 0 Å². The Hall–Kier alpha value is -2.38. The van der Waals surface area contributed by atoms with E-state index in [1.807, 2.05) is 25.1 Å². The van der Waals surface area contributed by atoms with E-state index in [1.165, 1.54) is 12.3 Å². The molecule has 1 saturated carbocycles. The minimum atomic E-state index is -0.489. The highest BCUT2D eigenvalue weighted by Gasteiger charge is 2.40. The van der Waals surface area contributed by atoms with Crippen LogP contribution in [0.15, 0.2) is 30.5 Å². The molecule has 0 amide bonds. The summed E-state index contributed by atoms with van der Waals surface area (Å²) in [6, 6.07) is 8.05. The molecule has 0 spiro atoms. The van der Waals surface area contributed by atoms with Crippen molar-refractivity contribution in [2.75, 3.05) is 6.54 Å². The Kier molecular flexibility index (Phi) is 3.94. The second-order valence-electron chi connectivity index (χ2n) is 7.88. The number of aryl methyl sites for hydroxylation is 1. The number of nitrogens with one attached hydrogen (secondary N) is 2. The van der Waals surface area contributed by atoms with Crippen LogP contribution in [0.25, 0.3) is 22.6 Å². The number of nitrogens with zero attached hydrogens (tertiary/aromatic N) is 4. The molecule has 4 atom stereocenters. The molecule has 0 radical (unpaired) electrons. The van der Waals surface area contributed by atoms with E-state index >= 15 is 0 Å². The smallest absolute Gasteiger partial charge is 0.213 e. The van der Waals surface area contributed by atoms with Crippen molar-refractivity contribution in [2.24, 2.45) is 11.8 Å². The number of aromatic nitrogens is 4. The van der Waals surface area contributed by atoms with Gasteiger partial charge in [0.15, 0.2) is 5.65 Å². The molecule has 5 rings (SSSR count). The molecular formula is C20H23FN6. The number of pyridine rings is 2. The van der Waals surface area contributed by atoms with Gasteiger partial charge in [-0.25, -0.2) is 15.0 Å². The molecule has 4 unspecified atom stereocenters. The third-order valence-electron chi connectivity index (χ3n) is 6.00. The summed E-state index contributed by atoms with van der Waals surface area (Å²) in [6.07, 6.45) is 3.59. The zero-order valence-electron chi connectivity index (χ0n) is 15.5. The van der Waals surface area contributed by atoms with E-state index in [1.54, 1.807) is 0 Å². The van der Waals surface area contributed by atoms with Gasteiger partial charge in [0.05, 0.1) is 0 Å². The molecule has 7 heteroatoms. The van der Waals surface area contributed by atoms with Gasteiger partial charge < -0.3 is 4.57 Å². The maximum Gasteiger partial charge on any atom is 0.213 e. The molecule has 2 N–H and O–H groups in total. The standard InChI is InChI=1S/C20H23FN6/c1-11-7-15(8-14-10-23-26-18(11)14)27-19(13-5-6-22-17(21)9-13)25-16-4-3-12(2)24-20(16)27/h3-6,9,11,14-15,18,23,26H,7-8,10H2,1-2H3. The van der Waals surface area contributed by atoms with Gasteiger partial charge in [0.1, 0.15) is 11.3 Å². The van der Waals surface area contributed by atoms with Gasteiger partial charge in [-0.15, -0.1) is 0 Å². The van der Waals surface area contributed by atoms with Crippen LogP contribution in [0.5, 0.6) is 0 Å². The number of hydrogen-bond acceptors (Lipinski definition) is 5. The first-order chi connectivity index (χ1) is 13.1. The summed E-state index contributed by atoms with van der Waals surface area (Å²) in [5.74, 6) is 1.39. The maximum atomic E-state index is 13.8. The lowest BCUT2D eigenvalue weighted by Gasteiger charge is -2.37. The average Bonchev–Trinajstić information content (AvgIpc) is 3.26. The van der Waals surface area contributed by atoms with Gasteiger partial charge in [-0.1, -0.05) is 6.92 Å². The largest absolute Gasteiger partial charge is 0.306 e. The highest BCUT2D eigenvalue weighted by Crippen LogP contribution is 2.41. The quantitative estimate of drug-likeness (QED) is 0.683. The van der Waals surface area contributed by atoms with E-state index in [9.17, 15) is 4.39 Å². The van der Waals surface area contributed by atoms with Crippen LogP contribution in [-0.2, 0) is 0 Å². The summed E-state index contributed by atoms with van der Waals surface area (Å²) >= 11 is 0. The Balaban J connectivity index is 1.67. The molecule has 1 aliphatic carbocycles. The van der Waals surface area contributed by atoms with Crippen molar-refractivity contribution in [3.63, 3.8) is 0 Å². The predicted molar refractivity (Wildman–Crippen MR) is 101 cm³/mol. The SMILES string of the molecule is Cc1ccc2nc(-c3ccnc(F)c3)n(C3CC(C)C4NNCC4C3)c2n1. The summed E-state index contributed by atoms with van der Waals surface area (Å²) < 4.78 is 16.0. The molecule has 6 nitrogen and oxygen atoms in total. The fourth-order valence-electron chi connectivity index (χ4n) is 4.78. The molecule has 140 valence electrons. The number of rotatable bonds is 2. The summed E-state index contributed by atoms with van der Waals surface area (Å²) in [6.45, 7) is 5.27. The van der Waals surface area contributed by atoms with Crippen LogP contribution >= 0.6 is 0 Å². The molecule has 3 aromatic rings. The van der Waals surface area contributed by atoms with Gasteiger partial charge in [-0.3, -0.25) is 10.9 Å². The van der Waals surface area contributed by atoms with E-state index in [0.29, 0.717) is 17.9 Å². The van der Waals surface area contributed by atoms with Gasteiger partial charge in [-0.05, 0) is 49.8 Å². The average molecular weight is 366 g/mol. The van der Waals surface area contributed by atoms with Crippen LogP contribution < -0.4 is 10.9 Å². The Bertz CT molecular complexity index is 999. The van der Waals surface area contributed by atoms with Crippen LogP contribution in [0.2, 0.25) is 0 Å². The molecular weight excluding hydrogens is 343 g/mol. The van der Waals surface area contributed by atoms with E-state index in [-0.39, 0.29) is 6.04 Å². The number of imidazole rings is 1. The Labute approximate surface area is 157 Å². The number of hydrazine groups is 1. The molecule has 0 bridgehead atoms. The minimum absolute atomic E-state index is 0.286. The monoisotopic (exact) mass is 366 g/mol. The zero-order chi connectivity index (χ0) is 18.5. The van der Waals surface area contributed by atoms with Crippen molar-refractivity contribution in [2.45, 2.75) is 38.8 Å². The third-order valence-corrected chi connectivity index (χ3v) is 6.00. The van der Waals surface area contributed by atoms with Crippen molar-refractivity contribution in [3.05, 3.63) is 42.1 Å². The second-order valence-corrected chi connectivity index (χ2v) is 7.88. The van der Waals surface area contributed by atoms with Crippen LogP contribution in [0.4, 0.5) is 4.39 Å². The van der Waals surface area contributed by atoms with E-state index in [0.717, 1.165) is 47.6 Å². The van der Waals surface area contributed by atoms with Crippen molar-refractivity contribution in [3.8, 4) is 11.4 Å². The first-order valence-electron chi connectivity index (χ1n) is 9.56. The zero-order valence-corrected chi connectivity index (χ0v) is 15.5. The Morgan fingerprint density at radius 3 is 2.93 bits per heavy atom. The van der Waals surface area contributed by atoms with Gasteiger partial charge in [0, 0.05) is 42.1 Å². The van der Waals surface area contributed by atoms with Gasteiger partial charge in [0.2, 0.25) is 5.95 Å². The lowest BCUT2D eigenvalue weighted by atomic mass is 9.76. The van der Waals surface area contributed by atoms with E-state index in [2.05, 4.69) is 27.3 Å². The molecule has 27 heavy (non-hydrogen) atoms. The molecule has 2 aliphatic rings. The van der Waals surface area contributed by atoms with Gasteiger partial charge in [0.25, 0.3) is 0 Å². The Morgan fingerprint density at radius 1 is 1.19 bits per heavy atom. The lowest BCUT2D eigenvalue weighted by Crippen LogP contribution is -2.42. The second kappa shape index (κ2) is 6.35. The van der Waals surface area contributed by atoms with Gasteiger partial charge in [-0.2, -0.15) is 4.39 Å². The molecule has 2 fully saturated rings. The maximum absolute atomic E-state index is 13.8. The first-order valence-corrected chi connectivity index (χ1v) is 9.56. The topological polar surface area (TPSA) is 67.7 Å². The highest BCUT2D eigenvalue weighted by molar-refractivity contribution is 5.77. The van der Waals surface area contributed by atoms with Crippen molar-refractivity contribution >= 4 is 11.2 Å². The summed E-state index contributed by atoms with van der Waals surface area (Å²) in [5, 5.41) is 0. The molecule has 4 heterocycles. The fraction of sp³-hybridized carbons (Fsp3) is 0.450. The van der Waals surface area contributed by atoms with Crippen LogP contribution in [-0.4, -0.2) is 32.1 Å². The molecule has 1 saturated heterocycles. The molecule has 3 aromatic heterocycles. The number of halogens is 1. The lowest BCUT2D eigenvalue weighted by molar-refractivity contribution is 0.191. The number of fused-ring (bicyclic) bond motifs is 2. The molecule has 0 aromatic carbocycles. The van der Waals surface area contributed by atoms with Gasteiger partial charge >= 0.3 is 0 Å². The molecule has 1 aliphatic heterocycles. The first kappa shape index (κ1) is 16.8. The van der Waals surface area contributed by atoms with Crippen LogP contribution in [0.3, 0.4) is 0 Å². The minimum Gasteiger partial charge on any atom is -0.306 e. The summed E-state index contributed by atoms with van der Waals surface area (Å²) in [4.78, 5) is 13.3. The number of hydrogen-bond donors (Lipinski definition) is 2. The van der Waals surface area contributed by atoms with E-state index < -0.39 is 5.95 Å².